The van der Waals surface area contributed by atoms with E-state index >= 15 is 0 Å². The average Bonchev–Trinajstić information content (AvgIpc) is 3.04. The van der Waals surface area contributed by atoms with Crippen molar-refractivity contribution < 1.29 is 9.59 Å². The van der Waals surface area contributed by atoms with E-state index in [2.05, 4.69) is 20.5 Å². The number of likely N-dealkylation sites (tertiary alicyclic amines) is 1. The van der Waals surface area contributed by atoms with Gasteiger partial charge in [0.2, 0.25) is 11.9 Å². The van der Waals surface area contributed by atoms with Gasteiger partial charge in [-0.05, 0) is 63.2 Å². The first-order valence-electron chi connectivity index (χ1n) is 11.8. The second-order valence-corrected chi connectivity index (χ2v) is 8.66. The van der Waals surface area contributed by atoms with Crippen molar-refractivity contribution in [3.05, 3.63) is 59.8 Å². The molecule has 1 fully saturated rings. The summed E-state index contributed by atoms with van der Waals surface area (Å²) in [5.74, 6) is 0.242. The van der Waals surface area contributed by atoms with Crippen molar-refractivity contribution >= 4 is 28.8 Å². The van der Waals surface area contributed by atoms with E-state index in [4.69, 9.17) is 10.7 Å². The molecule has 1 aromatic heterocycles. The van der Waals surface area contributed by atoms with Crippen LogP contribution in [0.25, 0.3) is 11.0 Å². The molecule has 2 amide bonds. The second-order valence-electron chi connectivity index (χ2n) is 8.66. The number of nitrogens with two attached hydrogens (primary N) is 1. The van der Waals surface area contributed by atoms with E-state index < -0.39 is 0 Å². The summed E-state index contributed by atoms with van der Waals surface area (Å²) in [7, 11) is 1.83. The van der Waals surface area contributed by atoms with Gasteiger partial charge in [0.05, 0.1) is 23.2 Å². The number of likely N-dealkylation sites (N-methyl/N-ethyl adjacent to an activating group) is 1. The summed E-state index contributed by atoms with van der Waals surface area (Å²) in [6, 6.07) is 5.96. The maximum atomic E-state index is 13.2. The molecule has 1 aromatic carbocycles. The van der Waals surface area contributed by atoms with Gasteiger partial charge in [-0.15, -0.1) is 0 Å². The molecule has 0 bridgehead atoms. The van der Waals surface area contributed by atoms with Gasteiger partial charge in [-0.3, -0.25) is 20.2 Å². The summed E-state index contributed by atoms with van der Waals surface area (Å²) in [5.41, 5.74) is 8.97. The van der Waals surface area contributed by atoms with Gasteiger partial charge in [-0.1, -0.05) is 18.2 Å². The van der Waals surface area contributed by atoms with Crippen molar-refractivity contribution in [3.63, 3.8) is 0 Å². The van der Waals surface area contributed by atoms with Crippen LogP contribution in [0.1, 0.15) is 30.9 Å². The highest BCUT2D eigenvalue weighted by Crippen LogP contribution is 2.32. The van der Waals surface area contributed by atoms with Crippen molar-refractivity contribution in [1.82, 2.24) is 25.1 Å². The van der Waals surface area contributed by atoms with Crippen LogP contribution in [0.3, 0.4) is 0 Å². The molecular weight excluding hydrogens is 430 g/mol. The lowest BCUT2D eigenvalue weighted by Crippen LogP contribution is -2.38. The number of carbonyl (C=O) groups excluding carboxylic acids is 2. The summed E-state index contributed by atoms with van der Waals surface area (Å²) < 4.78 is 2.11. The molecule has 5 N–H and O–H groups in total. The van der Waals surface area contributed by atoms with Gasteiger partial charge in [0, 0.05) is 31.3 Å². The Hall–Kier alpha value is -3.43. The highest BCUT2D eigenvalue weighted by molar-refractivity contribution is 6.06. The largest absolute Gasteiger partial charge is 0.372 e. The van der Waals surface area contributed by atoms with E-state index in [9.17, 15) is 9.59 Å². The van der Waals surface area contributed by atoms with E-state index in [-0.39, 0.29) is 24.0 Å². The third kappa shape index (κ3) is 5.05. The van der Waals surface area contributed by atoms with Crippen molar-refractivity contribution in [2.24, 2.45) is 5.73 Å². The van der Waals surface area contributed by atoms with E-state index in [0.717, 1.165) is 35.9 Å². The molecule has 2 atom stereocenters. The molecule has 2 aliphatic heterocycles. The Bertz CT molecular complexity index is 1150. The van der Waals surface area contributed by atoms with Crippen molar-refractivity contribution in [1.29, 1.82) is 0 Å². The maximum Gasteiger partial charge on any atom is 0.257 e. The number of para-hydroxylation sites is 1. The molecule has 1 saturated heterocycles. The molecule has 0 spiro atoms. The fraction of sp³-hybridized carbons (Fsp3) is 0.400. The molecule has 2 aromatic rings. The lowest BCUT2D eigenvalue weighted by atomic mass is 10.1. The van der Waals surface area contributed by atoms with Gasteiger partial charge in [-0.25, -0.2) is 4.98 Å². The summed E-state index contributed by atoms with van der Waals surface area (Å²) in [6.07, 6.45) is 11.3. The fourth-order valence-electron chi connectivity index (χ4n) is 4.59. The van der Waals surface area contributed by atoms with Crippen LogP contribution >= 0.6 is 0 Å². The number of benzene rings is 1. The van der Waals surface area contributed by atoms with Gasteiger partial charge in [0.25, 0.3) is 5.91 Å². The molecule has 0 aliphatic carbocycles. The second kappa shape index (κ2) is 10.7. The number of nitrogens with zero attached hydrogens (tertiary/aromatic N) is 3. The van der Waals surface area contributed by atoms with Crippen LogP contribution < -0.4 is 21.7 Å². The smallest absolute Gasteiger partial charge is 0.257 e. The molecule has 0 saturated carbocycles. The Kier molecular flexibility index (Phi) is 7.44. The van der Waals surface area contributed by atoms with Crippen LogP contribution in [0.15, 0.2) is 54.3 Å². The maximum absolute atomic E-state index is 13.2. The topological polar surface area (TPSA) is 117 Å². The predicted molar refractivity (Wildman–Crippen MR) is 134 cm³/mol. The molecule has 0 radical (unpaired) electrons. The normalized spacial score (nSPS) is 20.8. The van der Waals surface area contributed by atoms with Crippen molar-refractivity contribution in [2.45, 2.75) is 38.4 Å². The molecule has 4 rings (SSSR count). The number of aromatic nitrogens is 2. The molecule has 34 heavy (non-hydrogen) atoms. The Morgan fingerprint density at radius 3 is 2.97 bits per heavy atom. The van der Waals surface area contributed by atoms with Crippen molar-refractivity contribution in [3.8, 4) is 0 Å². The molecule has 9 heteroatoms. The summed E-state index contributed by atoms with van der Waals surface area (Å²) in [5, 5.41) is 9.26. The zero-order valence-corrected chi connectivity index (χ0v) is 19.8. The van der Waals surface area contributed by atoms with Gasteiger partial charge >= 0.3 is 0 Å². The molecule has 2 aliphatic rings. The number of carbonyl (C=O) groups is 2. The molecule has 3 heterocycles. The quantitative estimate of drug-likeness (QED) is 0.487. The Morgan fingerprint density at radius 2 is 2.18 bits per heavy atom. The van der Waals surface area contributed by atoms with Gasteiger partial charge < -0.3 is 20.5 Å². The first-order chi connectivity index (χ1) is 16.5. The van der Waals surface area contributed by atoms with E-state index in [1.54, 1.807) is 24.4 Å². The number of imidazole rings is 1. The molecule has 9 nitrogen and oxygen atoms in total. The minimum atomic E-state index is -0.223. The van der Waals surface area contributed by atoms with Crippen LogP contribution in [0, 0.1) is 6.92 Å². The Morgan fingerprint density at radius 1 is 1.32 bits per heavy atom. The number of rotatable bonds is 6. The lowest BCUT2D eigenvalue weighted by molar-refractivity contribution is -0.126. The SMILES string of the molecule is CNC1C=C(C(=O)Nc2nc3cccc(C)c3n2C2CCCCN(C(=O)/C=C/CN)C2)C=CN1. The zero-order valence-electron chi connectivity index (χ0n) is 19.8. The van der Waals surface area contributed by atoms with Crippen LogP contribution in [-0.2, 0) is 9.59 Å². The Balaban J connectivity index is 1.70. The van der Waals surface area contributed by atoms with Crippen LogP contribution in [0.5, 0.6) is 0 Å². The standard InChI is InChI=1S/C25H33N7O2/c1-17-7-5-9-20-23(17)32(19-8-3-4-14-31(16-19)22(33)10-6-12-26)25(29-20)30-24(34)18-11-13-28-21(15-18)27-2/h5-7,9-11,13,15,19,21,27-28H,3-4,8,12,14,16,26H2,1-2H3,(H,29,30,34)/b10-6+. The highest BCUT2D eigenvalue weighted by Gasteiger charge is 2.27. The van der Waals surface area contributed by atoms with E-state index in [1.165, 1.54) is 0 Å². The third-order valence-electron chi connectivity index (χ3n) is 6.32. The van der Waals surface area contributed by atoms with Crippen LogP contribution in [-0.4, -0.2) is 59.1 Å². The highest BCUT2D eigenvalue weighted by atomic mass is 16.2. The number of fused-ring (bicyclic) bond motifs is 1. The van der Waals surface area contributed by atoms with Gasteiger partial charge in [0.15, 0.2) is 0 Å². The average molecular weight is 464 g/mol. The zero-order chi connectivity index (χ0) is 24.1. The molecule has 2 unspecified atom stereocenters. The summed E-state index contributed by atoms with van der Waals surface area (Å²) in [6.45, 7) is 3.63. The molecular formula is C25H33N7O2. The lowest BCUT2D eigenvalue weighted by Gasteiger charge is -2.26. The third-order valence-corrected chi connectivity index (χ3v) is 6.32. The van der Waals surface area contributed by atoms with Crippen molar-refractivity contribution in [2.75, 3.05) is 32.0 Å². The monoisotopic (exact) mass is 463 g/mol. The number of hydrogen-bond acceptors (Lipinski definition) is 6. The first-order valence-corrected chi connectivity index (χ1v) is 11.8. The van der Waals surface area contributed by atoms with Gasteiger partial charge in [-0.2, -0.15) is 0 Å². The fourth-order valence-corrected chi connectivity index (χ4v) is 4.59. The first kappa shape index (κ1) is 23.7. The van der Waals surface area contributed by atoms with E-state index in [0.29, 0.717) is 31.2 Å². The minimum absolute atomic E-state index is 0.0123. The number of anilines is 1. The number of nitrogens with one attached hydrogen (secondary N) is 3. The van der Waals surface area contributed by atoms with Crippen LogP contribution in [0.4, 0.5) is 5.95 Å². The number of hydrogen-bond donors (Lipinski definition) is 4. The summed E-state index contributed by atoms with van der Waals surface area (Å²) in [4.78, 5) is 32.6. The number of amides is 2. The number of aryl methyl sites for hydroxylation is 1. The van der Waals surface area contributed by atoms with Crippen LogP contribution in [0.2, 0.25) is 0 Å². The van der Waals surface area contributed by atoms with E-state index in [1.807, 2.05) is 43.1 Å². The Labute approximate surface area is 199 Å². The molecule has 180 valence electrons. The number of dihydropyridines is 1. The summed E-state index contributed by atoms with van der Waals surface area (Å²) >= 11 is 0. The minimum Gasteiger partial charge on any atom is -0.372 e. The predicted octanol–water partition coefficient (Wildman–Crippen LogP) is 1.94. The van der Waals surface area contributed by atoms with Gasteiger partial charge in [0.1, 0.15) is 0 Å².